The first-order valence-corrected chi connectivity index (χ1v) is 8.49. The van der Waals surface area contributed by atoms with Crippen LogP contribution in [0.1, 0.15) is 30.0 Å². The van der Waals surface area contributed by atoms with Crippen molar-refractivity contribution in [1.82, 2.24) is 19.8 Å². The molecule has 6 nitrogen and oxygen atoms in total. The van der Waals surface area contributed by atoms with E-state index in [0.29, 0.717) is 6.54 Å². The number of rotatable bonds is 4. The molecule has 132 valence electrons. The smallest absolute Gasteiger partial charge is 0.220 e. The van der Waals surface area contributed by atoms with E-state index >= 15 is 0 Å². The Bertz CT molecular complexity index is 750. The molecule has 1 amide bonds. The zero-order valence-electron chi connectivity index (χ0n) is 15.0. The predicted octanol–water partition coefficient (Wildman–Crippen LogP) is 2.20. The van der Waals surface area contributed by atoms with Gasteiger partial charge in [0.1, 0.15) is 11.6 Å². The summed E-state index contributed by atoms with van der Waals surface area (Å²) < 4.78 is 5.52. The Morgan fingerprint density at radius 1 is 1.28 bits per heavy atom. The zero-order chi connectivity index (χ0) is 17.8. The molecule has 0 saturated carbocycles. The Morgan fingerprint density at radius 2 is 2.08 bits per heavy atom. The van der Waals surface area contributed by atoms with Crippen LogP contribution in [0.25, 0.3) is 0 Å². The van der Waals surface area contributed by atoms with Crippen LogP contribution in [0.5, 0.6) is 5.75 Å². The van der Waals surface area contributed by atoms with Crippen LogP contribution >= 0.6 is 0 Å². The van der Waals surface area contributed by atoms with Crippen molar-refractivity contribution in [3.8, 4) is 5.75 Å². The van der Waals surface area contributed by atoms with Crippen molar-refractivity contribution in [2.45, 2.75) is 26.4 Å². The molecule has 0 bridgehead atoms. The van der Waals surface area contributed by atoms with E-state index in [9.17, 15) is 4.79 Å². The van der Waals surface area contributed by atoms with Crippen molar-refractivity contribution >= 4 is 5.91 Å². The van der Waals surface area contributed by atoms with E-state index in [0.717, 1.165) is 42.5 Å². The van der Waals surface area contributed by atoms with Gasteiger partial charge < -0.3 is 9.64 Å². The van der Waals surface area contributed by atoms with Crippen LogP contribution in [-0.4, -0.2) is 52.4 Å². The van der Waals surface area contributed by atoms with E-state index in [1.807, 2.05) is 42.2 Å². The second kappa shape index (κ2) is 7.61. The minimum atomic E-state index is -0.0228. The maximum atomic E-state index is 12.1. The number of para-hydroxylation sites is 1. The first kappa shape index (κ1) is 17.4. The van der Waals surface area contributed by atoms with Gasteiger partial charge in [-0.05, 0) is 19.1 Å². The van der Waals surface area contributed by atoms with Crippen LogP contribution in [0.2, 0.25) is 0 Å². The monoisotopic (exact) mass is 340 g/mol. The lowest BCUT2D eigenvalue weighted by Crippen LogP contribution is -2.49. The first-order valence-electron chi connectivity index (χ1n) is 8.49. The first-order chi connectivity index (χ1) is 12.1. The summed E-state index contributed by atoms with van der Waals surface area (Å²) in [7, 11) is 1.67. The molecule has 0 unspecified atom stereocenters. The number of hydrogen-bond donors (Lipinski definition) is 0. The van der Waals surface area contributed by atoms with E-state index in [1.165, 1.54) is 0 Å². The molecule has 6 heteroatoms. The number of hydrogen-bond acceptors (Lipinski definition) is 5. The summed E-state index contributed by atoms with van der Waals surface area (Å²) in [5.74, 6) is 1.69. The number of piperazine rings is 1. The number of carbonyl (C=O) groups excluding carboxylic acids is 1. The Hall–Kier alpha value is -2.47. The summed E-state index contributed by atoms with van der Waals surface area (Å²) in [4.78, 5) is 25.0. The molecule has 0 radical (unpaired) electrons. The van der Waals surface area contributed by atoms with E-state index in [-0.39, 0.29) is 11.9 Å². The van der Waals surface area contributed by atoms with Crippen LogP contribution in [-0.2, 0) is 11.3 Å². The van der Waals surface area contributed by atoms with Gasteiger partial charge in [-0.15, -0.1) is 0 Å². The van der Waals surface area contributed by atoms with Gasteiger partial charge in [-0.3, -0.25) is 9.69 Å². The van der Waals surface area contributed by atoms with E-state index < -0.39 is 0 Å². The summed E-state index contributed by atoms with van der Waals surface area (Å²) in [6.07, 6.45) is 1.79. The molecule has 1 aliphatic heterocycles. The van der Waals surface area contributed by atoms with Gasteiger partial charge in [-0.1, -0.05) is 18.2 Å². The highest BCUT2D eigenvalue weighted by Gasteiger charge is 2.31. The topological polar surface area (TPSA) is 58.6 Å². The molecule has 2 heterocycles. The molecule has 1 aromatic carbocycles. The van der Waals surface area contributed by atoms with Crippen molar-refractivity contribution in [2.24, 2.45) is 0 Å². The Balaban J connectivity index is 1.83. The van der Waals surface area contributed by atoms with Crippen molar-refractivity contribution in [3.05, 3.63) is 53.6 Å². The summed E-state index contributed by atoms with van der Waals surface area (Å²) >= 11 is 0. The second-order valence-corrected chi connectivity index (χ2v) is 6.30. The molecular formula is C19H24N4O2. The standard InChI is InChI=1S/C19H24N4O2/c1-14-20-9-8-16(21-14)12-22-10-11-23(15(2)24)18(13-22)17-6-4-5-7-19(17)25-3/h4-9,18H,10-13H2,1-3H3/t18-/m0/s1. The van der Waals surface area contributed by atoms with Crippen molar-refractivity contribution in [1.29, 1.82) is 0 Å². The highest BCUT2D eigenvalue weighted by molar-refractivity contribution is 5.74. The molecule has 3 rings (SSSR count). The van der Waals surface area contributed by atoms with Gasteiger partial charge in [0.15, 0.2) is 0 Å². The maximum absolute atomic E-state index is 12.1. The molecule has 0 N–H and O–H groups in total. The minimum absolute atomic E-state index is 0.0228. The highest BCUT2D eigenvalue weighted by atomic mass is 16.5. The number of aromatic nitrogens is 2. The molecule has 0 spiro atoms. The number of methoxy groups -OCH3 is 1. The molecule has 1 saturated heterocycles. The van der Waals surface area contributed by atoms with Gasteiger partial charge in [0.2, 0.25) is 5.91 Å². The maximum Gasteiger partial charge on any atom is 0.220 e. The normalized spacial score (nSPS) is 18.2. The molecule has 0 aliphatic carbocycles. The van der Waals surface area contributed by atoms with Gasteiger partial charge in [0.05, 0.1) is 18.8 Å². The van der Waals surface area contributed by atoms with E-state index in [1.54, 1.807) is 20.2 Å². The van der Waals surface area contributed by atoms with E-state index in [2.05, 4.69) is 14.9 Å². The molecule has 25 heavy (non-hydrogen) atoms. The van der Waals surface area contributed by atoms with Crippen molar-refractivity contribution in [2.75, 3.05) is 26.7 Å². The quantitative estimate of drug-likeness (QED) is 0.854. The molecule has 2 aromatic rings. The lowest BCUT2D eigenvalue weighted by atomic mass is 10.0. The lowest BCUT2D eigenvalue weighted by Gasteiger charge is -2.41. The average molecular weight is 340 g/mol. The van der Waals surface area contributed by atoms with Crippen LogP contribution in [0, 0.1) is 6.92 Å². The fourth-order valence-corrected chi connectivity index (χ4v) is 3.39. The third kappa shape index (κ3) is 3.96. The van der Waals surface area contributed by atoms with E-state index in [4.69, 9.17) is 4.74 Å². The third-order valence-electron chi connectivity index (χ3n) is 4.59. The second-order valence-electron chi connectivity index (χ2n) is 6.30. The highest BCUT2D eigenvalue weighted by Crippen LogP contribution is 2.32. The number of benzene rings is 1. The lowest BCUT2D eigenvalue weighted by molar-refractivity contribution is -0.134. The molecule has 1 atom stereocenters. The van der Waals surface area contributed by atoms with Crippen LogP contribution in [0.3, 0.4) is 0 Å². The number of ether oxygens (including phenoxy) is 1. The Morgan fingerprint density at radius 3 is 2.80 bits per heavy atom. The van der Waals surface area contributed by atoms with Gasteiger partial charge >= 0.3 is 0 Å². The number of aryl methyl sites for hydroxylation is 1. The largest absolute Gasteiger partial charge is 0.496 e. The SMILES string of the molecule is COc1ccccc1[C@@H]1CN(Cc2ccnc(C)n2)CCN1C(C)=O. The number of carbonyl (C=O) groups is 1. The number of amides is 1. The fourth-order valence-electron chi connectivity index (χ4n) is 3.39. The van der Waals surface area contributed by atoms with Gasteiger partial charge in [0.25, 0.3) is 0 Å². The fraction of sp³-hybridized carbons (Fsp3) is 0.421. The predicted molar refractivity (Wildman–Crippen MR) is 95.2 cm³/mol. The molecule has 1 aliphatic rings. The summed E-state index contributed by atoms with van der Waals surface area (Å²) in [6, 6.07) is 9.85. The molecule has 1 aromatic heterocycles. The summed E-state index contributed by atoms with van der Waals surface area (Å²) in [5.41, 5.74) is 2.05. The minimum Gasteiger partial charge on any atom is -0.496 e. The molecule has 1 fully saturated rings. The molecular weight excluding hydrogens is 316 g/mol. The van der Waals surface area contributed by atoms with Crippen LogP contribution in [0.4, 0.5) is 0 Å². The number of nitrogens with zero attached hydrogens (tertiary/aromatic N) is 4. The zero-order valence-corrected chi connectivity index (χ0v) is 15.0. The van der Waals surface area contributed by atoms with Gasteiger partial charge in [0, 0.05) is 44.9 Å². The third-order valence-corrected chi connectivity index (χ3v) is 4.59. The van der Waals surface area contributed by atoms with Crippen LogP contribution in [0.15, 0.2) is 36.5 Å². The van der Waals surface area contributed by atoms with Crippen molar-refractivity contribution < 1.29 is 9.53 Å². The summed E-state index contributed by atoms with van der Waals surface area (Å²) in [6.45, 7) is 6.56. The Labute approximate surface area is 148 Å². The summed E-state index contributed by atoms with van der Waals surface area (Å²) in [5, 5.41) is 0. The van der Waals surface area contributed by atoms with Crippen LogP contribution < -0.4 is 4.74 Å². The van der Waals surface area contributed by atoms with Gasteiger partial charge in [-0.25, -0.2) is 9.97 Å². The van der Waals surface area contributed by atoms with Crippen molar-refractivity contribution in [3.63, 3.8) is 0 Å². The van der Waals surface area contributed by atoms with Gasteiger partial charge in [-0.2, -0.15) is 0 Å². The Kier molecular flexibility index (Phi) is 5.28. The average Bonchev–Trinajstić information content (AvgIpc) is 2.61.